The molecule has 0 aromatic rings. The third-order valence-electron chi connectivity index (χ3n) is 0.943. The molecule has 11 heavy (non-hydrogen) atoms. The van der Waals surface area contributed by atoms with Crippen molar-refractivity contribution in [3.8, 4) is 0 Å². The van der Waals surface area contributed by atoms with Crippen LogP contribution in [0.5, 0.6) is 0 Å². The van der Waals surface area contributed by atoms with Gasteiger partial charge in [-0.2, -0.15) is 0 Å². The smallest absolute Gasteiger partial charge is 0.250 e. The molecule has 0 atom stereocenters. The first-order valence-electron chi connectivity index (χ1n) is 3.40. The Morgan fingerprint density at radius 3 is 2.64 bits per heavy atom. The highest BCUT2D eigenvalue weighted by Gasteiger charge is 1.98. The van der Waals surface area contributed by atoms with E-state index in [1.807, 2.05) is 0 Å². The summed E-state index contributed by atoms with van der Waals surface area (Å²) in [6.07, 6.45) is -2.29. The zero-order valence-corrected chi connectivity index (χ0v) is 6.91. The van der Waals surface area contributed by atoms with Gasteiger partial charge in [0.15, 0.2) is 0 Å². The zero-order valence-electron chi connectivity index (χ0n) is 6.16. The molecule has 5 heteroatoms. The molecule has 68 valence electrons. The molecule has 0 aromatic carbocycles. The summed E-state index contributed by atoms with van der Waals surface area (Å²) in [7, 11) is 0. The highest BCUT2D eigenvalue weighted by molar-refractivity contribution is 6.17. The van der Waals surface area contributed by atoms with Gasteiger partial charge in [0, 0.05) is 12.4 Å². The van der Waals surface area contributed by atoms with Crippen LogP contribution in [0.2, 0.25) is 0 Å². The van der Waals surface area contributed by atoms with Crippen LogP contribution in [0.15, 0.2) is 0 Å². The average molecular weight is 188 g/mol. The summed E-state index contributed by atoms with van der Waals surface area (Å²) >= 11 is 5.30. The molecule has 0 unspecified atom stereocenters. The van der Waals surface area contributed by atoms with E-state index in [0.717, 1.165) is 0 Å². The molecule has 0 amide bonds. The lowest BCUT2D eigenvalue weighted by molar-refractivity contribution is 0.127. The zero-order chi connectivity index (χ0) is 8.53. The summed E-state index contributed by atoms with van der Waals surface area (Å²) in [5.41, 5.74) is 0. The summed E-state index contributed by atoms with van der Waals surface area (Å²) in [5.74, 6) is 0.439. The van der Waals surface area contributed by atoms with Crippen LogP contribution in [0.25, 0.3) is 0 Å². The van der Waals surface area contributed by atoms with Gasteiger partial charge in [-0.3, -0.25) is 0 Å². The highest BCUT2D eigenvalue weighted by atomic mass is 35.5. The van der Waals surface area contributed by atoms with E-state index in [1.54, 1.807) is 0 Å². The van der Waals surface area contributed by atoms with Gasteiger partial charge in [-0.25, -0.2) is 8.78 Å². The average Bonchev–Trinajstić information content (AvgIpc) is 1.96. The minimum Gasteiger partial charge on any atom is -0.379 e. The number of halogens is 3. The van der Waals surface area contributed by atoms with Crippen LogP contribution >= 0.6 is 11.6 Å². The van der Waals surface area contributed by atoms with Crippen LogP contribution in [0.4, 0.5) is 8.78 Å². The Bertz CT molecular complexity index is 85.0. The van der Waals surface area contributed by atoms with E-state index in [-0.39, 0.29) is 6.54 Å². The van der Waals surface area contributed by atoms with Gasteiger partial charge in [-0.05, 0) is 0 Å². The topological polar surface area (TPSA) is 21.3 Å². The predicted octanol–water partition coefficient (Wildman–Crippen LogP) is 1.10. The molecule has 0 bridgehead atoms. The summed E-state index contributed by atoms with van der Waals surface area (Å²) in [6.45, 7) is 1.07. The van der Waals surface area contributed by atoms with Crippen LogP contribution in [-0.4, -0.2) is 38.6 Å². The Hall–Kier alpha value is 0.0700. The van der Waals surface area contributed by atoms with Crippen molar-refractivity contribution in [2.24, 2.45) is 0 Å². The minimum atomic E-state index is -2.29. The van der Waals surface area contributed by atoms with Crippen LogP contribution in [0.3, 0.4) is 0 Å². The molecule has 0 aromatic heterocycles. The van der Waals surface area contributed by atoms with E-state index < -0.39 is 6.43 Å². The van der Waals surface area contributed by atoms with Crippen molar-refractivity contribution in [3.63, 3.8) is 0 Å². The SMILES string of the molecule is FC(F)CNCCOCCCl. The highest BCUT2D eigenvalue weighted by Crippen LogP contribution is 1.86. The number of nitrogens with one attached hydrogen (secondary N) is 1. The molecule has 0 spiro atoms. The van der Waals surface area contributed by atoms with Gasteiger partial charge >= 0.3 is 0 Å². The third-order valence-corrected chi connectivity index (χ3v) is 1.10. The summed E-state index contributed by atoms with van der Waals surface area (Å²) in [5, 5.41) is 2.53. The molecule has 0 aliphatic heterocycles. The number of alkyl halides is 3. The third kappa shape index (κ3) is 10.1. The van der Waals surface area contributed by atoms with Crippen LogP contribution in [0.1, 0.15) is 0 Å². The van der Waals surface area contributed by atoms with Gasteiger partial charge in [-0.1, -0.05) is 0 Å². The maximum Gasteiger partial charge on any atom is 0.250 e. The van der Waals surface area contributed by atoms with E-state index in [9.17, 15) is 8.78 Å². The first-order valence-corrected chi connectivity index (χ1v) is 3.93. The molecular formula is C6H12ClF2NO. The minimum absolute atomic E-state index is 0.274. The van der Waals surface area contributed by atoms with Crippen molar-refractivity contribution >= 4 is 11.6 Å². The van der Waals surface area contributed by atoms with E-state index >= 15 is 0 Å². The van der Waals surface area contributed by atoms with E-state index in [2.05, 4.69) is 5.32 Å². The molecule has 1 N–H and O–H groups in total. The molecule has 0 rings (SSSR count). The normalized spacial score (nSPS) is 10.9. The summed E-state index contributed by atoms with van der Waals surface area (Å²) in [4.78, 5) is 0. The van der Waals surface area contributed by atoms with Gasteiger partial charge in [0.05, 0.1) is 19.8 Å². The lowest BCUT2D eigenvalue weighted by atomic mass is 10.6. The molecule has 0 saturated carbocycles. The van der Waals surface area contributed by atoms with Crippen molar-refractivity contribution in [1.29, 1.82) is 0 Å². The maximum absolute atomic E-state index is 11.5. The first-order chi connectivity index (χ1) is 5.27. The van der Waals surface area contributed by atoms with E-state index in [0.29, 0.717) is 25.6 Å². The largest absolute Gasteiger partial charge is 0.379 e. The van der Waals surface area contributed by atoms with Gasteiger partial charge in [0.1, 0.15) is 0 Å². The van der Waals surface area contributed by atoms with Gasteiger partial charge < -0.3 is 10.1 Å². The molecule has 0 heterocycles. The lowest BCUT2D eigenvalue weighted by Crippen LogP contribution is -2.25. The van der Waals surface area contributed by atoms with Gasteiger partial charge in [-0.15, -0.1) is 11.6 Å². The maximum atomic E-state index is 11.5. The Kier molecular flexibility index (Phi) is 8.22. The lowest BCUT2D eigenvalue weighted by Gasteiger charge is -2.03. The van der Waals surface area contributed by atoms with Crippen molar-refractivity contribution in [1.82, 2.24) is 5.32 Å². The fraction of sp³-hybridized carbons (Fsp3) is 1.00. The molecule has 0 fully saturated rings. The molecule has 0 aliphatic rings. The molecule has 0 aliphatic carbocycles. The van der Waals surface area contributed by atoms with Gasteiger partial charge in [0.25, 0.3) is 6.43 Å². The van der Waals surface area contributed by atoms with Crippen molar-refractivity contribution in [2.45, 2.75) is 6.43 Å². The Morgan fingerprint density at radius 2 is 2.09 bits per heavy atom. The quantitative estimate of drug-likeness (QED) is 0.476. The first kappa shape index (κ1) is 11.1. The van der Waals surface area contributed by atoms with Crippen molar-refractivity contribution in [2.75, 3.05) is 32.2 Å². The molecule has 0 radical (unpaired) electrons. The fourth-order valence-corrected chi connectivity index (χ4v) is 0.621. The number of hydrogen-bond donors (Lipinski definition) is 1. The van der Waals surface area contributed by atoms with Crippen molar-refractivity contribution < 1.29 is 13.5 Å². The molecule has 2 nitrogen and oxygen atoms in total. The van der Waals surface area contributed by atoms with Crippen molar-refractivity contribution in [3.05, 3.63) is 0 Å². The second-order valence-electron chi connectivity index (χ2n) is 1.90. The summed E-state index contributed by atoms with van der Waals surface area (Å²) < 4.78 is 27.9. The summed E-state index contributed by atoms with van der Waals surface area (Å²) in [6, 6.07) is 0. The van der Waals surface area contributed by atoms with Crippen LogP contribution in [-0.2, 0) is 4.74 Å². The van der Waals surface area contributed by atoms with Crippen LogP contribution in [0, 0.1) is 0 Å². The second-order valence-corrected chi connectivity index (χ2v) is 2.27. The second kappa shape index (κ2) is 8.17. The Labute approximate surface area is 69.9 Å². The number of ether oxygens (including phenoxy) is 1. The molecule has 0 saturated heterocycles. The Balaban J connectivity index is 2.80. The number of hydrogen-bond acceptors (Lipinski definition) is 2. The number of rotatable bonds is 7. The fourth-order valence-electron chi connectivity index (χ4n) is 0.512. The Morgan fingerprint density at radius 1 is 1.36 bits per heavy atom. The van der Waals surface area contributed by atoms with Crippen LogP contribution < -0.4 is 5.32 Å². The van der Waals surface area contributed by atoms with E-state index in [4.69, 9.17) is 16.3 Å². The predicted molar refractivity (Wildman–Crippen MR) is 40.4 cm³/mol. The molecular weight excluding hydrogens is 176 g/mol. The van der Waals surface area contributed by atoms with E-state index in [1.165, 1.54) is 0 Å². The monoisotopic (exact) mass is 187 g/mol. The standard InChI is InChI=1S/C6H12ClF2NO/c7-1-3-11-4-2-10-5-6(8)9/h6,10H,1-5H2. The van der Waals surface area contributed by atoms with Gasteiger partial charge in [0.2, 0.25) is 0 Å².